The number of fused-ring (bicyclic) bond motifs is 2. The molecule has 2 aliphatic heterocycles. The summed E-state index contributed by atoms with van der Waals surface area (Å²) in [6, 6.07) is 6.16. The largest absolute Gasteiger partial charge is 0.495 e. The van der Waals surface area contributed by atoms with Gasteiger partial charge in [0.15, 0.2) is 0 Å². The van der Waals surface area contributed by atoms with Crippen LogP contribution in [-0.4, -0.2) is 53.3 Å². The summed E-state index contributed by atoms with van der Waals surface area (Å²) in [5, 5.41) is 10.7. The van der Waals surface area contributed by atoms with Crippen molar-refractivity contribution < 1.29 is 19.4 Å². The highest BCUT2D eigenvalue weighted by molar-refractivity contribution is 7.15. The number of thiophene rings is 1. The molecule has 30 heavy (non-hydrogen) atoms. The fourth-order valence-electron chi connectivity index (χ4n) is 5.14. The maximum atomic E-state index is 12.9. The van der Waals surface area contributed by atoms with Gasteiger partial charge in [-0.25, -0.2) is 0 Å². The zero-order chi connectivity index (χ0) is 20.8. The van der Waals surface area contributed by atoms with E-state index in [1.165, 1.54) is 10.4 Å². The topological polar surface area (TPSA) is 71.9 Å². The third-order valence-corrected chi connectivity index (χ3v) is 8.14. The van der Waals surface area contributed by atoms with E-state index in [1.54, 1.807) is 24.6 Å². The summed E-state index contributed by atoms with van der Waals surface area (Å²) < 4.78 is 11.6. The number of likely N-dealkylation sites (tertiary alicyclic amines) is 1. The Bertz CT molecular complexity index is 925. The Hall–Kier alpha value is -1.96. The number of carbonyl (C=O) groups excluding carboxylic acids is 1. The van der Waals surface area contributed by atoms with Gasteiger partial charge >= 0.3 is 0 Å². The minimum atomic E-state index is -1.14. The normalized spacial score (nSPS) is 22.1. The van der Waals surface area contributed by atoms with Crippen molar-refractivity contribution in [2.75, 3.05) is 26.8 Å². The number of pyridine rings is 1. The van der Waals surface area contributed by atoms with Crippen molar-refractivity contribution >= 4 is 17.2 Å². The van der Waals surface area contributed by atoms with Crippen molar-refractivity contribution in [2.24, 2.45) is 0 Å². The number of rotatable bonds is 3. The highest BCUT2D eigenvalue weighted by Gasteiger charge is 2.47. The summed E-state index contributed by atoms with van der Waals surface area (Å²) in [6.45, 7) is 1.97. The first-order chi connectivity index (χ1) is 14.5. The van der Waals surface area contributed by atoms with Crippen molar-refractivity contribution in [3.05, 3.63) is 34.8 Å². The first-order valence-corrected chi connectivity index (χ1v) is 11.6. The lowest BCUT2D eigenvalue weighted by Gasteiger charge is -2.45. The lowest BCUT2D eigenvalue weighted by Crippen LogP contribution is -2.53. The average molecular weight is 429 g/mol. The Kier molecular flexibility index (Phi) is 5.08. The number of methoxy groups -OCH3 is 1. The molecule has 1 amide bonds. The van der Waals surface area contributed by atoms with Crippen molar-refractivity contribution in [2.45, 2.75) is 56.1 Å². The molecule has 6 nitrogen and oxygen atoms in total. The van der Waals surface area contributed by atoms with Crippen LogP contribution in [-0.2, 0) is 21.6 Å². The number of aliphatic hydroxyl groups is 1. The van der Waals surface area contributed by atoms with Crippen molar-refractivity contribution in [1.29, 1.82) is 0 Å². The van der Waals surface area contributed by atoms with Crippen LogP contribution >= 0.6 is 11.3 Å². The summed E-state index contributed by atoms with van der Waals surface area (Å²) >= 11 is 1.79. The van der Waals surface area contributed by atoms with Crippen LogP contribution in [0.25, 0.3) is 10.6 Å². The van der Waals surface area contributed by atoms with Gasteiger partial charge in [-0.2, -0.15) is 0 Å². The predicted octanol–water partition coefficient (Wildman–Crippen LogP) is 3.51. The van der Waals surface area contributed by atoms with Gasteiger partial charge in [-0.1, -0.05) is 0 Å². The molecule has 3 aliphatic rings. The maximum absolute atomic E-state index is 12.9. The Morgan fingerprint density at radius 1 is 1.23 bits per heavy atom. The zero-order valence-electron chi connectivity index (χ0n) is 17.4. The minimum Gasteiger partial charge on any atom is -0.495 e. The van der Waals surface area contributed by atoms with Crippen molar-refractivity contribution in [1.82, 2.24) is 9.88 Å². The molecule has 5 rings (SSSR count). The second-order valence-electron chi connectivity index (χ2n) is 8.65. The van der Waals surface area contributed by atoms with E-state index >= 15 is 0 Å². The van der Waals surface area contributed by atoms with Crippen LogP contribution in [0.1, 0.15) is 49.0 Å². The smallest absolute Gasteiger partial charge is 0.254 e. The first-order valence-electron chi connectivity index (χ1n) is 10.8. The van der Waals surface area contributed by atoms with E-state index in [4.69, 9.17) is 9.47 Å². The number of aromatic nitrogens is 1. The first kappa shape index (κ1) is 20.0. The number of ether oxygens (including phenoxy) is 2. The molecule has 1 spiro atoms. The van der Waals surface area contributed by atoms with Gasteiger partial charge in [0.25, 0.3) is 5.91 Å². The van der Waals surface area contributed by atoms with Gasteiger partial charge in [0.05, 0.1) is 36.1 Å². The second kappa shape index (κ2) is 7.62. The van der Waals surface area contributed by atoms with E-state index in [9.17, 15) is 9.90 Å². The molecule has 1 N–H and O–H groups in total. The highest BCUT2D eigenvalue weighted by atomic mass is 32.1. The Morgan fingerprint density at radius 2 is 2.00 bits per heavy atom. The van der Waals surface area contributed by atoms with E-state index in [-0.39, 0.29) is 11.5 Å². The number of nitrogens with zero attached hydrogens (tertiary/aromatic N) is 2. The molecule has 4 heterocycles. The molecule has 2 aromatic heterocycles. The standard InChI is InChI=1S/C23H28N2O4S/c1-28-16-4-5-18(24-15-16)20-14-17-19(30-20)6-13-29-23(17)9-11-25(12-10-23)21(26)22(27)7-2-3-8-22/h4-5,14-15,27H,2-3,6-13H2,1H3. The van der Waals surface area contributed by atoms with Gasteiger partial charge < -0.3 is 19.5 Å². The zero-order valence-corrected chi connectivity index (χ0v) is 18.2. The molecule has 7 heteroatoms. The molecular weight excluding hydrogens is 400 g/mol. The predicted molar refractivity (Wildman–Crippen MR) is 115 cm³/mol. The van der Waals surface area contributed by atoms with Crippen LogP contribution in [0.3, 0.4) is 0 Å². The molecule has 160 valence electrons. The molecule has 0 radical (unpaired) electrons. The highest BCUT2D eigenvalue weighted by Crippen LogP contribution is 2.47. The average Bonchev–Trinajstić information content (AvgIpc) is 3.42. The molecule has 0 unspecified atom stereocenters. The number of hydrogen-bond donors (Lipinski definition) is 1. The van der Waals surface area contributed by atoms with Gasteiger partial charge in [0.2, 0.25) is 0 Å². The lowest BCUT2D eigenvalue weighted by molar-refractivity contribution is -0.158. The summed E-state index contributed by atoms with van der Waals surface area (Å²) in [7, 11) is 1.64. The fraction of sp³-hybridized carbons (Fsp3) is 0.565. The quantitative estimate of drug-likeness (QED) is 0.810. The molecular formula is C23H28N2O4S. The third kappa shape index (κ3) is 3.33. The molecule has 0 bridgehead atoms. The molecule has 2 aromatic rings. The number of piperidine rings is 1. The Labute approximate surface area is 180 Å². The number of hydrogen-bond acceptors (Lipinski definition) is 6. The number of amides is 1. The van der Waals surface area contributed by atoms with Gasteiger partial charge in [0, 0.05) is 24.4 Å². The van der Waals surface area contributed by atoms with Crippen molar-refractivity contribution in [3.8, 4) is 16.3 Å². The van der Waals surface area contributed by atoms with Crippen LogP contribution in [0.15, 0.2) is 24.4 Å². The molecule has 0 atom stereocenters. The maximum Gasteiger partial charge on any atom is 0.254 e. The summed E-state index contributed by atoms with van der Waals surface area (Å²) in [5.74, 6) is 0.667. The van der Waals surface area contributed by atoms with Gasteiger partial charge in [-0.15, -0.1) is 11.3 Å². The minimum absolute atomic E-state index is 0.0840. The third-order valence-electron chi connectivity index (χ3n) is 6.92. The molecule has 2 fully saturated rings. The molecule has 1 aliphatic carbocycles. The monoisotopic (exact) mass is 428 g/mol. The summed E-state index contributed by atoms with van der Waals surface area (Å²) in [6.07, 6.45) is 7.27. The molecule has 0 aromatic carbocycles. The molecule has 1 saturated carbocycles. The Balaban J connectivity index is 1.36. The van der Waals surface area contributed by atoms with E-state index in [1.807, 2.05) is 17.0 Å². The van der Waals surface area contributed by atoms with E-state index in [0.29, 0.717) is 32.5 Å². The fourth-order valence-corrected chi connectivity index (χ4v) is 6.35. The van der Waals surface area contributed by atoms with Crippen LogP contribution in [0.4, 0.5) is 0 Å². The van der Waals surface area contributed by atoms with Crippen LogP contribution in [0, 0.1) is 0 Å². The van der Waals surface area contributed by atoms with Gasteiger partial charge in [-0.05, 0) is 62.3 Å². The lowest BCUT2D eigenvalue weighted by atomic mass is 9.81. The van der Waals surface area contributed by atoms with Crippen LogP contribution < -0.4 is 4.74 Å². The van der Waals surface area contributed by atoms with E-state index in [0.717, 1.165) is 48.4 Å². The second-order valence-corrected chi connectivity index (χ2v) is 9.79. The molecule has 1 saturated heterocycles. The van der Waals surface area contributed by atoms with Gasteiger partial charge in [0.1, 0.15) is 11.4 Å². The number of carbonyl (C=O) groups is 1. The van der Waals surface area contributed by atoms with E-state index < -0.39 is 5.60 Å². The Morgan fingerprint density at radius 3 is 2.67 bits per heavy atom. The SMILES string of the molecule is COc1ccc(-c2cc3c(s2)CCOC32CCN(C(=O)C3(O)CCCC3)CC2)nc1. The van der Waals surface area contributed by atoms with E-state index in [2.05, 4.69) is 11.1 Å². The summed E-state index contributed by atoms with van der Waals surface area (Å²) in [5.41, 5.74) is 0.738. The van der Waals surface area contributed by atoms with Crippen LogP contribution in [0.2, 0.25) is 0 Å². The summed E-state index contributed by atoms with van der Waals surface area (Å²) in [4.78, 5) is 21.8. The van der Waals surface area contributed by atoms with Crippen molar-refractivity contribution in [3.63, 3.8) is 0 Å². The van der Waals surface area contributed by atoms with Gasteiger partial charge in [-0.3, -0.25) is 9.78 Å². The van der Waals surface area contributed by atoms with Crippen LogP contribution in [0.5, 0.6) is 5.75 Å².